The molecule has 0 unspecified atom stereocenters. The lowest BCUT2D eigenvalue weighted by atomic mass is 10.1. The third-order valence-corrected chi connectivity index (χ3v) is 5.10. The number of amides is 1. The van der Waals surface area contributed by atoms with Crippen LogP contribution in [0, 0.1) is 0 Å². The molecule has 2 heterocycles. The van der Waals surface area contributed by atoms with Crippen molar-refractivity contribution in [3.05, 3.63) is 102 Å². The van der Waals surface area contributed by atoms with Gasteiger partial charge in [0.05, 0.1) is 17.4 Å². The molecule has 5 aromatic rings. The summed E-state index contributed by atoms with van der Waals surface area (Å²) in [4.78, 5) is 21.0. The number of hydrogen-bond acceptors (Lipinski definition) is 3. The molecule has 0 radical (unpaired) electrons. The molecule has 5 heteroatoms. The molecular formula is C25H20N4O. The zero-order valence-corrected chi connectivity index (χ0v) is 16.2. The topological polar surface area (TPSA) is 69.8 Å². The highest BCUT2D eigenvalue weighted by Crippen LogP contribution is 2.33. The van der Waals surface area contributed by atoms with Crippen molar-refractivity contribution in [2.45, 2.75) is 6.54 Å². The normalized spacial score (nSPS) is 10.9. The molecule has 0 bridgehead atoms. The van der Waals surface area contributed by atoms with Gasteiger partial charge in [0.15, 0.2) is 5.69 Å². The molecule has 3 N–H and O–H groups in total. The Hall–Kier alpha value is -4.12. The van der Waals surface area contributed by atoms with E-state index in [-0.39, 0.29) is 5.91 Å². The number of aromatic amines is 1. The summed E-state index contributed by atoms with van der Waals surface area (Å²) in [5.74, 6) is -0.246. The maximum Gasteiger partial charge on any atom is 0.276 e. The van der Waals surface area contributed by atoms with E-state index in [1.165, 1.54) is 0 Å². The fourth-order valence-electron chi connectivity index (χ4n) is 3.68. The maximum atomic E-state index is 13.1. The van der Waals surface area contributed by atoms with Crippen LogP contribution in [0.1, 0.15) is 16.1 Å². The fraction of sp³-hybridized carbons (Fsp3) is 0.0400. The summed E-state index contributed by atoms with van der Waals surface area (Å²) in [5.41, 5.74) is 4.86. The number of benzene rings is 3. The number of anilines is 2. The summed E-state index contributed by atoms with van der Waals surface area (Å²) in [6.07, 6.45) is 1.73. The third kappa shape index (κ3) is 3.37. The van der Waals surface area contributed by atoms with Gasteiger partial charge >= 0.3 is 0 Å². The molecule has 0 aliphatic rings. The Morgan fingerprint density at radius 2 is 1.53 bits per heavy atom. The predicted octanol–water partition coefficient (Wildman–Crippen LogP) is 5.58. The van der Waals surface area contributed by atoms with Crippen molar-refractivity contribution < 1.29 is 4.79 Å². The summed E-state index contributed by atoms with van der Waals surface area (Å²) in [6, 6.07) is 27.6. The SMILES string of the molecule is O=C(Nc1ccccc1)c1ncc2[nH]c3ccccc3c2c1NCc1ccccc1. The average molecular weight is 392 g/mol. The minimum absolute atomic E-state index is 0.246. The Morgan fingerprint density at radius 1 is 0.833 bits per heavy atom. The lowest BCUT2D eigenvalue weighted by Crippen LogP contribution is -2.17. The van der Waals surface area contributed by atoms with Crippen LogP contribution in [-0.4, -0.2) is 15.9 Å². The number of carbonyl (C=O) groups is 1. The van der Waals surface area contributed by atoms with Crippen molar-refractivity contribution in [1.82, 2.24) is 9.97 Å². The fourth-order valence-corrected chi connectivity index (χ4v) is 3.68. The molecule has 5 nitrogen and oxygen atoms in total. The van der Waals surface area contributed by atoms with Crippen LogP contribution in [0.25, 0.3) is 21.8 Å². The number of nitrogens with one attached hydrogen (secondary N) is 3. The molecule has 0 saturated carbocycles. The van der Waals surface area contributed by atoms with E-state index in [9.17, 15) is 4.79 Å². The van der Waals surface area contributed by atoms with E-state index in [0.717, 1.165) is 38.7 Å². The lowest BCUT2D eigenvalue weighted by Gasteiger charge is -2.13. The standard InChI is InChI=1S/C25H20N4O/c30-25(28-18-11-5-2-6-12-18)24-23(26-15-17-9-3-1-4-10-17)22-19-13-7-8-14-20(19)29-21(22)16-27-24/h1-14,16,26,29H,15H2,(H,28,30). The quantitative estimate of drug-likeness (QED) is 0.366. The Kier molecular flexibility index (Phi) is 4.62. The molecular weight excluding hydrogens is 372 g/mol. The van der Waals surface area contributed by atoms with Crippen molar-refractivity contribution in [2.24, 2.45) is 0 Å². The highest BCUT2D eigenvalue weighted by Gasteiger charge is 2.19. The van der Waals surface area contributed by atoms with E-state index in [2.05, 4.69) is 38.8 Å². The number of H-pyrrole nitrogens is 1. The van der Waals surface area contributed by atoms with Crippen LogP contribution >= 0.6 is 0 Å². The van der Waals surface area contributed by atoms with Gasteiger partial charge in [-0.05, 0) is 23.8 Å². The molecule has 146 valence electrons. The number of fused-ring (bicyclic) bond motifs is 3. The van der Waals surface area contributed by atoms with Gasteiger partial charge < -0.3 is 15.6 Å². The van der Waals surface area contributed by atoms with Crippen molar-refractivity contribution >= 4 is 39.1 Å². The average Bonchev–Trinajstić information content (AvgIpc) is 3.18. The molecule has 2 aromatic heterocycles. The molecule has 0 fully saturated rings. The van der Waals surface area contributed by atoms with Gasteiger partial charge in [0, 0.05) is 28.5 Å². The van der Waals surface area contributed by atoms with Gasteiger partial charge in [-0.1, -0.05) is 66.7 Å². The molecule has 5 rings (SSSR count). The van der Waals surface area contributed by atoms with Crippen LogP contribution in [0.2, 0.25) is 0 Å². The number of aromatic nitrogens is 2. The zero-order valence-electron chi connectivity index (χ0n) is 16.2. The Labute approximate surface area is 173 Å². The summed E-state index contributed by atoms with van der Waals surface area (Å²) < 4.78 is 0. The lowest BCUT2D eigenvalue weighted by molar-refractivity contribution is 0.102. The van der Waals surface area contributed by atoms with Crippen molar-refractivity contribution in [2.75, 3.05) is 10.6 Å². The van der Waals surface area contributed by atoms with Gasteiger partial charge in [-0.3, -0.25) is 4.79 Å². The number of para-hydroxylation sites is 2. The van der Waals surface area contributed by atoms with Crippen LogP contribution in [-0.2, 0) is 6.54 Å². The number of hydrogen-bond donors (Lipinski definition) is 3. The molecule has 0 aliphatic carbocycles. The van der Waals surface area contributed by atoms with Crippen LogP contribution < -0.4 is 10.6 Å². The van der Waals surface area contributed by atoms with Crippen molar-refractivity contribution in [3.63, 3.8) is 0 Å². The zero-order chi connectivity index (χ0) is 20.3. The van der Waals surface area contributed by atoms with Crippen LogP contribution in [0.4, 0.5) is 11.4 Å². The number of carbonyl (C=O) groups excluding carboxylic acids is 1. The Bertz CT molecular complexity index is 1330. The van der Waals surface area contributed by atoms with E-state index in [4.69, 9.17) is 0 Å². The number of pyridine rings is 1. The van der Waals surface area contributed by atoms with Gasteiger partial charge in [-0.15, -0.1) is 0 Å². The molecule has 30 heavy (non-hydrogen) atoms. The molecule has 0 aliphatic heterocycles. The first-order valence-electron chi connectivity index (χ1n) is 9.83. The first-order chi connectivity index (χ1) is 14.8. The second kappa shape index (κ2) is 7.72. The highest BCUT2D eigenvalue weighted by molar-refractivity contribution is 6.18. The number of rotatable bonds is 5. The van der Waals surface area contributed by atoms with Crippen molar-refractivity contribution in [3.8, 4) is 0 Å². The highest BCUT2D eigenvalue weighted by atomic mass is 16.1. The molecule has 1 amide bonds. The Balaban J connectivity index is 1.61. The van der Waals surface area contributed by atoms with Gasteiger partial charge in [0.2, 0.25) is 0 Å². The molecule has 0 saturated heterocycles. The van der Waals surface area contributed by atoms with E-state index < -0.39 is 0 Å². The minimum atomic E-state index is -0.246. The first kappa shape index (κ1) is 17.9. The first-order valence-corrected chi connectivity index (χ1v) is 9.83. The third-order valence-electron chi connectivity index (χ3n) is 5.10. The van der Waals surface area contributed by atoms with Gasteiger partial charge in [0.25, 0.3) is 5.91 Å². The van der Waals surface area contributed by atoms with Crippen LogP contribution in [0.15, 0.2) is 91.1 Å². The van der Waals surface area contributed by atoms with E-state index in [1.807, 2.05) is 66.7 Å². The summed E-state index contributed by atoms with van der Waals surface area (Å²) in [5, 5.41) is 8.45. The smallest absolute Gasteiger partial charge is 0.276 e. The molecule has 3 aromatic carbocycles. The molecule has 0 atom stereocenters. The summed E-state index contributed by atoms with van der Waals surface area (Å²) in [7, 11) is 0. The summed E-state index contributed by atoms with van der Waals surface area (Å²) in [6.45, 7) is 0.590. The van der Waals surface area contributed by atoms with Crippen LogP contribution in [0.5, 0.6) is 0 Å². The Morgan fingerprint density at radius 3 is 2.33 bits per heavy atom. The number of nitrogens with zero attached hydrogens (tertiary/aromatic N) is 1. The van der Waals surface area contributed by atoms with E-state index in [1.54, 1.807) is 6.20 Å². The van der Waals surface area contributed by atoms with Gasteiger partial charge in [-0.25, -0.2) is 4.98 Å². The second-order valence-corrected chi connectivity index (χ2v) is 7.10. The predicted molar refractivity (Wildman–Crippen MR) is 122 cm³/mol. The molecule has 0 spiro atoms. The largest absolute Gasteiger partial charge is 0.378 e. The van der Waals surface area contributed by atoms with E-state index in [0.29, 0.717) is 12.2 Å². The minimum Gasteiger partial charge on any atom is -0.378 e. The monoisotopic (exact) mass is 392 g/mol. The van der Waals surface area contributed by atoms with Gasteiger partial charge in [0.1, 0.15) is 0 Å². The summed E-state index contributed by atoms with van der Waals surface area (Å²) >= 11 is 0. The van der Waals surface area contributed by atoms with Crippen molar-refractivity contribution in [1.29, 1.82) is 0 Å². The van der Waals surface area contributed by atoms with E-state index >= 15 is 0 Å². The maximum absolute atomic E-state index is 13.1. The second-order valence-electron chi connectivity index (χ2n) is 7.10. The van der Waals surface area contributed by atoms with Crippen LogP contribution in [0.3, 0.4) is 0 Å². The van der Waals surface area contributed by atoms with Gasteiger partial charge in [-0.2, -0.15) is 0 Å².